The van der Waals surface area contributed by atoms with Gasteiger partial charge in [-0.05, 0) is 43.5 Å². The van der Waals surface area contributed by atoms with Crippen LogP contribution in [0.1, 0.15) is 31.9 Å². The van der Waals surface area contributed by atoms with Crippen molar-refractivity contribution < 1.29 is 14.4 Å². The molecule has 0 spiro atoms. The first-order valence-electron chi connectivity index (χ1n) is 11.4. The maximum atomic E-state index is 13.7. The van der Waals surface area contributed by atoms with E-state index in [1.807, 2.05) is 56.3 Å². The highest BCUT2D eigenvalue weighted by molar-refractivity contribution is 6.01. The minimum absolute atomic E-state index is 0. The number of hydrogen-bond donors (Lipinski definition) is 3. The molecule has 1 aromatic heterocycles. The molecule has 1 aliphatic rings. The zero-order valence-corrected chi connectivity index (χ0v) is 20.9. The van der Waals surface area contributed by atoms with Gasteiger partial charge in [0.1, 0.15) is 11.9 Å². The summed E-state index contributed by atoms with van der Waals surface area (Å²) in [6.07, 6.45) is 2.52. The lowest BCUT2D eigenvalue weighted by molar-refractivity contribution is -0.129. The van der Waals surface area contributed by atoms with Gasteiger partial charge in [-0.3, -0.25) is 19.3 Å². The van der Waals surface area contributed by atoms with E-state index in [2.05, 4.69) is 20.9 Å². The summed E-state index contributed by atoms with van der Waals surface area (Å²) in [5, 5.41) is 8.75. The molecule has 2 aromatic rings. The molecular formula is C25H34ClN5O3. The number of aromatic nitrogens is 1. The minimum Gasteiger partial charge on any atom is -0.354 e. The lowest BCUT2D eigenvalue weighted by atomic mass is 10.0. The molecular weight excluding hydrogens is 454 g/mol. The van der Waals surface area contributed by atoms with Crippen LogP contribution in [-0.4, -0.2) is 54.4 Å². The summed E-state index contributed by atoms with van der Waals surface area (Å²) in [4.78, 5) is 44.8. The van der Waals surface area contributed by atoms with Crippen molar-refractivity contribution in [3.63, 3.8) is 0 Å². The normalized spacial score (nSPS) is 16.3. The van der Waals surface area contributed by atoms with Crippen LogP contribution in [0.5, 0.6) is 0 Å². The van der Waals surface area contributed by atoms with Crippen LogP contribution in [0.3, 0.4) is 0 Å². The fraction of sp³-hybridized carbons (Fsp3) is 0.440. The maximum absolute atomic E-state index is 13.7. The van der Waals surface area contributed by atoms with E-state index < -0.39 is 12.1 Å². The molecule has 3 rings (SSSR count). The molecule has 3 amide bonds. The Kier molecular flexibility index (Phi) is 10.0. The number of nitrogens with one attached hydrogen (secondary N) is 3. The standard InChI is InChI=1S/C25H33N5O3.ClH/c1-16(2)22(29-24(32)17(3)26-4)25(33)30-20(14-19-11-8-12-27-23(19)30)15-28-21(31)13-18-9-6-5-7-10-18;/h5-12,16-17,20,22,26H,13-15H2,1-4H3,(H,28,31)(H,29,32);1H/t17?,20?,22-;/m0./s1. The first-order chi connectivity index (χ1) is 15.8. The van der Waals surface area contributed by atoms with Crippen molar-refractivity contribution in [1.82, 2.24) is 20.9 Å². The predicted molar refractivity (Wildman–Crippen MR) is 135 cm³/mol. The fourth-order valence-electron chi connectivity index (χ4n) is 3.92. The molecule has 0 radical (unpaired) electrons. The number of likely N-dealkylation sites (N-methyl/N-ethyl adjacent to an activating group) is 1. The topological polar surface area (TPSA) is 103 Å². The SMILES string of the molecule is CNC(C)C(=O)N[C@H](C(=O)N1c2ncccc2CC1CNC(=O)Cc1ccccc1)C(C)C.Cl. The predicted octanol–water partition coefficient (Wildman–Crippen LogP) is 1.87. The second-order valence-electron chi connectivity index (χ2n) is 8.76. The summed E-state index contributed by atoms with van der Waals surface area (Å²) in [6, 6.07) is 11.9. The maximum Gasteiger partial charge on any atom is 0.251 e. The van der Waals surface area contributed by atoms with E-state index >= 15 is 0 Å². The second-order valence-corrected chi connectivity index (χ2v) is 8.76. The van der Waals surface area contributed by atoms with Crippen LogP contribution in [-0.2, 0) is 27.2 Å². The van der Waals surface area contributed by atoms with Gasteiger partial charge in [-0.1, -0.05) is 50.2 Å². The Morgan fingerprint density at radius 2 is 1.79 bits per heavy atom. The molecule has 0 aliphatic carbocycles. The third kappa shape index (κ3) is 6.55. The Bertz CT molecular complexity index is 986. The number of halogens is 1. The number of anilines is 1. The Morgan fingerprint density at radius 1 is 1.09 bits per heavy atom. The van der Waals surface area contributed by atoms with Crippen molar-refractivity contribution in [1.29, 1.82) is 0 Å². The first kappa shape index (κ1) is 27.3. The zero-order valence-electron chi connectivity index (χ0n) is 20.1. The summed E-state index contributed by atoms with van der Waals surface area (Å²) in [5.74, 6) is -0.0915. The molecule has 34 heavy (non-hydrogen) atoms. The van der Waals surface area contributed by atoms with Gasteiger partial charge in [0, 0.05) is 12.7 Å². The van der Waals surface area contributed by atoms with Crippen molar-refractivity contribution >= 4 is 35.9 Å². The van der Waals surface area contributed by atoms with E-state index in [4.69, 9.17) is 0 Å². The van der Waals surface area contributed by atoms with Crippen LogP contribution in [0.4, 0.5) is 5.82 Å². The Balaban J connectivity index is 0.00000408. The van der Waals surface area contributed by atoms with Gasteiger partial charge in [0.15, 0.2) is 0 Å². The molecule has 1 aliphatic heterocycles. The number of rotatable bonds is 9. The lowest BCUT2D eigenvalue weighted by Gasteiger charge is -2.31. The summed E-state index contributed by atoms with van der Waals surface area (Å²) in [5.41, 5.74) is 1.88. The molecule has 3 atom stereocenters. The van der Waals surface area contributed by atoms with Crippen LogP contribution >= 0.6 is 12.4 Å². The number of pyridine rings is 1. The van der Waals surface area contributed by atoms with E-state index in [-0.39, 0.29) is 48.5 Å². The number of carbonyl (C=O) groups excluding carboxylic acids is 3. The molecule has 0 saturated carbocycles. The van der Waals surface area contributed by atoms with Crippen LogP contribution in [0.2, 0.25) is 0 Å². The third-order valence-corrected chi connectivity index (χ3v) is 5.95. The van der Waals surface area contributed by atoms with Gasteiger partial charge >= 0.3 is 0 Å². The molecule has 2 heterocycles. The van der Waals surface area contributed by atoms with E-state index in [9.17, 15) is 14.4 Å². The average molecular weight is 488 g/mol. The highest BCUT2D eigenvalue weighted by Crippen LogP contribution is 2.31. The van der Waals surface area contributed by atoms with Crippen LogP contribution in [0.15, 0.2) is 48.7 Å². The van der Waals surface area contributed by atoms with Gasteiger partial charge in [-0.2, -0.15) is 0 Å². The Hall–Kier alpha value is -2.97. The molecule has 2 unspecified atom stereocenters. The van der Waals surface area contributed by atoms with Crippen molar-refractivity contribution in [3.8, 4) is 0 Å². The number of benzene rings is 1. The molecule has 9 heteroatoms. The first-order valence-corrected chi connectivity index (χ1v) is 11.4. The van der Waals surface area contributed by atoms with Crippen molar-refractivity contribution in [2.24, 2.45) is 5.92 Å². The number of carbonyl (C=O) groups is 3. The highest BCUT2D eigenvalue weighted by atomic mass is 35.5. The summed E-state index contributed by atoms with van der Waals surface area (Å²) < 4.78 is 0. The van der Waals surface area contributed by atoms with Gasteiger partial charge < -0.3 is 16.0 Å². The minimum atomic E-state index is -0.705. The number of fused-ring (bicyclic) bond motifs is 1. The lowest BCUT2D eigenvalue weighted by Crippen LogP contribution is -2.57. The van der Waals surface area contributed by atoms with Gasteiger partial charge in [0.05, 0.1) is 18.5 Å². The zero-order chi connectivity index (χ0) is 24.0. The largest absolute Gasteiger partial charge is 0.354 e. The highest BCUT2D eigenvalue weighted by Gasteiger charge is 2.39. The third-order valence-electron chi connectivity index (χ3n) is 5.95. The molecule has 3 N–H and O–H groups in total. The number of nitrogens with zero attached hydrogens (tertiary/aromatic N) is 2. The van der Waals surface area contributed by atoms with Gasteiger partial charge in [-0.15, -0.1) is 12.4 Å². The second kappa shape index (κ2) is 12.5. The van der Waals surface area contributed by atoms with Crippen LogP contribution < -0.4 is 20.9 Å². The summed E-state index contributed by atoms with van der Waals surface area (Å²) >= 11 is 0. The number of amides is 3. The Labute approximate surface area is 207 Å². The summed E-state index contributed by atoms with van der Waals surface area (Å²) in [6.45, 7) is 5.85. The molecule has 8 nitrogen and oxygen atoms in total. The smallest absolute Gasteiger partial charge is 0.251 e. The van der Waals surface area contributed by atoms with Crippen LogP contribution in [0, 0.1) is 5.92 Å². The Morgan fingerprint density at radius 3 is 2.44 bits per heavy atom. The fourth-order valence-corrected chi connectivity index (χ4v) is 3.92. The van der Waals surface area contributed by atoms with E-state index in [0.717, 1.165) is 11.1 Å². The van der Waals surface area contributed by atoms with Crippen molar-refractivity contribution in [2.75, 3.05) is 18.5 Å². The summed E-state index contributed by atoms with van der Waals surface area (Å²) in [7, 11) is 1.70. The van der Waals surface area contributed by atoms with Gasteiger partial charge in [-0.25, -0.2) is 4.98 Å². The van der Waals surface area contributed by atoms with E-state index in [1.54, 1.807) is 25.1 Å². The molecule has 1 aromatic carbocycles. The van der Waals surface area contributed by atoms with Gasteiger partial charge in [0.25, 0.3) is 5.91 Å². The molecule has 0 saturated heterocycles. The number of hydrogen-bond acceptors (Lipinski definition) is 5. The van der Waals surface area contributed by atoms with E-state index in [0.29, 0.717) is 18.8 Å². The molecule has 0 bridgehead atoms. The molecule has 0 fully saturated rings. The van der Waals surface area contributed by atoms with Gasteiger partial charge in [0.2, 0.25) is 11.8 Å². The van der Waals surface area contributed by atoms with Crippen LogP contribution in [0.25, 0.3) is 0 Å². The monoisotopic (exact) mass is 487 g/mol. The molecule has 184 valence electrons. The quantitative estimate of drug-likeness (QED) is 0.501. The van der Waals surface area contributed by atoms with E-state index in [1.165, 1.54) is 0 Å². The van der Waals surface area contributed by atoms with Crippen molar-refractivity contribution in [3.05, 3.63) is 59.8 Å². The van der Waals surface area contributed by atoms with Crippen molar-refractivity contribution in [2.45, 2.75) is 51.7 Å². The average Bonchev–Trinajstić information content (AvgIpc) is 3.19.